The lowest BCUT2D eigenvalue weighted by atomic mass is 10.1. The molecule has 0 aliphatic rings. The maximum Gasteiger partial charge on any atom is 0.209 e. The van der Waals surface area contributed by atoms with Gasteiger partial charge in [0.05, 0.1) is 19.1 Å². The maximum absolute atomic E-state index is 11.2. The average Bonchev–Trinajstić information content (AvgIpc) is 2.66. The normalized spacial score (nSPS) is 11.2. The Hall–Kier alpha value is -2.97. The number of anilines is 2. The van der Waals surface area contributed by atoms with Gasteiger partial charge in [-0.3, -0.25) is 0 Å². The molecule has 0 aliphatic carbocycles. The third kappa shape index (κ3) is 5.50. The van der Waals surface area contributed by atoms with Crippen LogP contribution < -0.4 is 14.8 Å². The molecule has 1 aromatic heterocycles. The Morgan fingerprint density at radius 2 is 1.81 bits per heavy atom. The van der Waals surface area contributed by atoms with Crippen LogP contribution in [0.25, 0.3) is 11.3 Å². The van der Waals surface area contributed by atoms with Crippen LogP contribution in [0.1, 0.15) is 5.56 Å². The molecule has 27 heavy (non-hydrogen) atoms. The molecule has 0 unspecified atom stereocenters. The fourth-order valence-corrected chi connectivity index (χ4v) is 2.90. The summed E-state index contributed by atoms with van der Waals surface area (Å²) >= 11 is 0. The Morgan fingerprint density at radius 1 is 1.04 bits per heavy atom. The number of methoxy groups -OCH3 is 1. The molecule has 0 fully saturated rings. The van der Waals surface area contributed by atoms with Crippen molar-refractivity contribution in [3.05, 3.63) is 66.5 Å². The number of nitrogens with zero attached hydrogens (tertiary/aromatic N) is 2. The minimum Gasteiger partial charge on any atom is -0.497 e. The zero-order chi connectivity index (χ0) is 19.3. The van der Waals surface area contributed by atoms with E-state index in [4.69, 9.17) is 4.74 Å². The molecule has 8 heteroatoms. The third-order valence-corrected chi connectivity index (χ3v) is 4.46. The minimum absolute atomic E-state index is 0.231. The SMILES string of the molecule is COc1ccc(-c2cc(Nc3cccc(CNS(C)(=O)=O)c3)ncn2)cc1. The smallest absolute Gasteiger partial charge is 0.209 e. The number of sulfonamides is 1. The number of benzene rings is 2. The van der Waals surface area contributed by atoms with Crippen LogP contribution in [0.3, 0.4) is 0 Å². The van der Waals surface area contributed by atoms with E-state index >= 15 is 0 Å². The molecule has 0 amide bonds. The van der Waals surface area contributed by atoms with Crippen molar-refractivity contribution in [3.8, 4) is 17.0 Å². The Balaban J connectivity index is 1.76. The summed E-state index contributed by atoms with van der Waals surface area (Å²) in [6, 6.07) is 16.9. The van der Waals surface area contributed by atoms with Crippen LogP contribution in [-0.4, -0.2) is 31.8 Å². The molecule has 3 aromatic rings. The summed E-state index contributed by atoms with van der Waals surface area (Å²) in [6.07, 6.45) is 2.63. The molecule has 0 bridgehead atoms. The summed E-state index contributed by atoms with van der Waals surface area (Å²) < 4.78 is 30.1. The highest BCUT2D eigenvalue weighted by Crippen LogP contribution is 2.23. The molecule has 2 N–H and O–H groups in total. The van der Waals surface area contributed by atoms with Gasteiger partial charge in [-0.05, 0) is 42.0 Å². The second kappa shape index (κ2) is 8.15. The quantitative estimate of drug-likeness (QED) is 0.651. The fraction of sp³-hybridized carbons (Fsp3) is 0.158. The number of hydrogen-bond acceptors (Lipinski definition) is 6. The lowest BCUT2D eigenvalue weighted by molar-refractivity contribution is 0.415. The van der Waals surface area contributed by atoms with Crippen LogP contribution in [0.5, 0.6) is 5.75 Å². The molecule has 0 aliphatic heterocycles. The highest BCUT2D eigenvalue weighted by molar-refractivity contribution is 7.88. The number of ether oxygens (including phenoxy) is 1. The average molecular weight is 384 g/mol. The van der Waals surface area contributed by atoms with E-state index in [1.54, 1.807) is 7.11 Å². The van der Waals surface area contributed by atoms with Crippen LogP contribution in [0.4, 0.5) is 11.5 Å². The highest BCUT2D eigenvalue weighted by Gasteiger charge is 2.05. The van der Waals surface area contributed by atoms with Crippen LogP contribution in [0.15, 0.2) is 60.9 Å². The molecule has 7 nitrogen and oxygen atoms in total. The number of rotatable bonds is 7. The predicted octanol–water partition coefficient (Wildman–Crippen LogP) is 2.95. The van der Waals surface area contributed by atoms with Crippen molar-refractivity contribution < 1.29 is 13.2 Å². The van der Waals surface area contributed by atoms with Crippen molar-refractivity contribution in [2.45, 2.75) is 6.54 Å². The molecular weight excluding hydrogens is 364 g/mol. The van der Waals surface area contributed by atoms with E-state index in [0.717, 1.165) is 34.5 Å². The summed E-state index contributed by atoms with van der Waals surface area (Å²) in [5, 5.41) is 3.22. The highest BCUT2D eigenvalue weighted by atomic mass is 32.2. The Morgan fingerprint density at radius 3 is 2.52 bits per heavy atom. The zero-order valence-corrected chi connectivity index (χ0v) is 15.8. The summed E-state index contributed by atoms with van der Waals surface area (Å²) in [5.41, 5.74) is 3.38. The van der Waals surface area contributed by atoms with Crippen molar-refractivity contribution in [3.63, 3.8) is 0 Å². The van der Waals surface area contributed by atoms with E-state index in [9.17, 15) is 8.42 Å². The van der Waals surface area contributed by atoms with Crippen molar-refractivity contribution in [2.24, 2.45) is 0 Å². The number of nitrogens with one attached hydrogen (secondary N) is 2. The topological polar surface area (TPSA) is 93.2 Å². The molecule has 0 atom stereocenters. The largest absolute Gasteiger partial charge is 0.497 e. The van der Waals surface area contributed by atoms with Crippen molar-refractivity contribution >= 4 is 21.5 Å². The Kier molecular flexibility index (Phi) is 5.68. The molecule has 3 rings (SSSR count). The predicted molar refractivity (Wildman–Crippen MR) is 105 cm³/mol. The van der Waals surface area contributed by atoms with Crippen LogP contribution >= 0.6 is 0 Å². The minimum atomic E-state index is -3.24. The zero-order valence-electron chi connectivity index (χ0n) is 15.0. The fourth-order valence-electron chi connectivity index (χ4n) is 2.47. The standard InChI is InChI=1S/C19H20N4O3S/c1-26-17-8-6-15(7-9-17)18-11-19(21-13-20-18)23-16-5-3-4-14(10-16)12-22-27(2,24)25/h3-11,13,22H,12H2,1-2H3,(H,20,21,23). The van der Waals surface area contributed by atoms with Gasteiger partial charge in [0.2, 0.25) is 10.0 Å². The van der Waals surface area contributed by atoms with Gasteiger partial charge in [0.15, 0.2) is 0 Å². The molecule has 140 valence electrons. The number of aromatic nitrogens is 2. The van der Waals surface area contributed by atoms with E-state index in [1.807, 2.05) is 54.6 Å². The summed E-state index contributed by atoms with van der Waals surface area (Å²) in [5.74, 6) is 1.43. The Bertz CT molecular complexity index is 1020. The Labute approximate surface area is 158 Å². The molecule has 0 saturated heterocycles. The number of hydrogen-bond donors (Lipinski definition) is 2. The molecule has 1 heterocycles. The van der Waals surface area contributed by atoms with Gasteiger partial charge in [-0.2, -0.15) is 0 Å². The second-order valence-corrected chi connectivity index (χ2v) is 7.77. The lowest BCUT2D eigenvalue weighted by Crippen LogP contribution is -2.21. The molecule has 0 saturated carbocycles. The van der Waals surface area contributed by atoms with Crippen LogP contribution in [0, 0.1) is 0 Å². The third-order valence-electron chi connectivity index (χ3n) is 3.79. The van der Waals surface area contributed by atoms with Gasteiger partial charge in [0.25, 0.3) is 0 Å². The molecule has 2 aromatic carbocycles. The van der Waals surface area contributed by atoms with E-state index in [2.05, 4.69) is 20.0 Å². The first-order valence-electron chi connectivity index (χ1n) is 8.20. The first-order chi connectivity index (χ1) is 12.9. The van der Waals surface area contributed by atoms with E-state index in [1.165, 1.54) is 6.33 Å². The van der Waals surface area contributed by atoms with Gasteiger partial charge in [-0.1, -0.05) is 12.1 Å². The monoisotopic (exact) mass is 384 g/mol. The van der Waals surface area contributed by atoms with Crippen LogP contribution in [0.2, 0.25) is 0 Å². The summed E-state index contributed by atoms with van der Waals surface area (Å²) in [6.45, 7) is 0.231. The van der Waals surface area contributed by atoms with Crippen molar-refractivity contribution in [1.82, 2.24) is 14.7 Å². The first-order valence-corrected chi connectivity index (χ1v) is 10.1. The lowest BCUT2D eigenvalue weighted by Gasteiger charge is -2.09. The van der Waals surface area contributed by atoms with Gasteiger partial charge in [0, 0.05) is 23.9 Å². The van der Waals surface area contributed by atoms with E-state index < -0.39 is 10.0 Å². The van der Waals surface area contributed by atoms with Crippen LogP contribution in [-0.2, 0) is 16.6 Å². The molecular formula is C19H20N4O3S. The maximum atomic E-state index is 11.2. The van der Waals surface area contributed by atoms with E-state index in [-0.39, 0.29) is 6.54 Å². The van der Waals surface area contributed by atoms with Gasteiger partial charge < -0.3 is 10.1 Å². The van der Waals surface area contributed by atoms with Crippen molar-refractivity contribution in [1.29, 1.82) is 0 Å². The molecule has 0 radical (unpaired) electrons. The van der Waals surface area contributed by atoms with Crippen molar-refractivity contribution in [2.75, 3.05) is 18.7 Å². The molecule has 0 spiro atoms. The summed E-state index contributed by atoms with van der Waals surface area (Å²) in [4.78, 5) is 8.56. The first kappa shape index (κ1) is 18.8. The van der Waals surface area contributed by atoms with Gasteiger partial charge in [-0.25, -0.2) is 23.1 Å². The van der Waals surface area contributed by atoms with E-state index in [0.29, 0.717) is 5.82 Å². The van der Waals surface area contributed by atoms with Gasteiger partial charge >= 0.3 is 0 Å². The second-order valence-electron chi connectivity index (χ2n) is 5.94. The van der Waals surface area contributed by atoms with Gasteiger partial charge in [-0.15, -0.1) is 0 Å². The van der Waals surface area contributed by atoms with Gasteiger partial charge in [0.1, 0.15) is 17.9 Å². The summed E-state index contributed by atoms with van der Waals surface area (Å²) in [7, 11) is -1.61.